The summed E-state index contributed by atoms with van der Waals surface area (Å²) >= 11 is 0. The fraction of sp³-hybridized carbons (Fsp3) is 0.938. The van der Waals surface area contributed by atoms with Crippen LogP contribution in [0.4, 0.5) is 0 Å². The zero-order chi connectivity index (χ0) is 14.4. The Labute approximate surface area is 123 Å². The van der Waals surface area contributed by atoms with Crippen molar-refractivity contribution in [2.24, 2.45) is 0 Å². The summed E-state index contributed by atoms with van der Waals surface area (Å²) in [5, 5.41) is 3.54. The zero-order valence-electron chi connectivity index (χ0n) is 13.2. The molecule has 0 aliphatic carbocycles. The lowest BCUT2D eigenvalue weighted by Crippen LogP contribution is -2.43. The van der Waals surface area contributed by atoms with Crippen molar-refractivity contribution in [2.75, 3.05) is 26.2 Å². The van der Waals surface area contributed by atoms with Crippen LogP contribution in [-0.4, -0.2) is 54.1 Å². The van der Waals surface area contributed by atoms with Crippen molar-refractivity contribution < 1.29 is 4.79 Å². The largest absolute Gasteiger partial charge is 0.325 e. The van der Waals surface area contributed by atoms with E-state index < -0.39 is 0 Å². The predicted octanol–water partition coefficient (Wildman–Crippen LogP) is 2.20. The summed E-state index contributed by atoms with van der Waals surface area (Å²) in [6.07, 6.45) is 8.54. The average molecular weight is 281 g/mol. The minimum Gasteiger partial charge on any atom is -0.325 e. The highest BCUT2D eigenvalue weighted by Gasteiger charge is 2.37. The minimum atomic E-state index is 0.0675. The number of piperidine rings is 1. The number of nitrogens with zero attached hydrogens (tertiary/aromatic N) is 2. The molecule has 2 rings (SSSR count). The predicted molar refractivity (Wildman–Crippen MR) is 82.5 cm³/mol. The van der Waals surface area contributed by atoms with E-state index in [1.54, 1.807) is 0 Å². The second-order valence-electron chi connectivity index (χ2n) is 6.25. The first kappa shape index (κ1) is 15.8. The van der Waals surface area contributed by atoms with Crippen LogP contribution < -0.4 is 5.32 Å². The van der Waals surface area contributed by atoms with E-state index in [1.807, 2.05) is 0 Å². The molecule has 2 saturated heterocycles. The fourth-order valence-corrected chi connectivity index (χ4v) is 3.45. The van der Waals surface area contributed by atoms with Gasteiger partial charge in [0.25, 0.3) is 0 Å². The van der Waals surface area contributed by atoms with Gasteiger partial charge in [0, 0.05) is 13.1 Å². The van der Waals surface area contributed by atoms with E-state index in [9.17, 15) is 4.79 Å². The summed E-state index contributed by atoms with van der Waals surface area (Å²) in [4.78, 5) is 17.1. The van der Waals surface area contributed by atoms with Crippen molar-refractivity contribution >= 4 is 5.91 Å². The molecule has 2 aliphatic heterocycles. The molecule has 0 saturated carbocycles. The van der Waals surface area contributed by atoms with Gasteiger partial charge in [0.15, 0.2) is 0 Å². The molecule has 0 aromatic heterocycles. The standard InChI is InChI=1S/C16H31N3O/c1-3-8-14-16(20)19(15(17-14)9-4-2)13-12-18-10-6-5-7-11-18/h14-15,17H,3-13H2,1-2H3. The fourth-order valence-electron chi connectivity index (χ4n) is 3.45. The Hall–Kier alpha value is -0.610. The molecule has 1 N–H and O–H groups in total. The monoisotopic (exact) mass is 281 g/mol. The van der Waals surface area contributed by atoms with Gasteiger partial charge in [-0.1, -0.05) is 33.1 Å². The van der Waals surface area contributed by atoms with Gasteiger partial charge in [-0.25, -0.2) is 0 Å². The van der Waals surface area contributed by atoms with Gasteiger partial charge >= 0.3 is 0 Å². The molecule has 2 atom stereocenters. The van der Waals surface area contributed by atoms with Crippen LogP contribution in [0.2, 0.25) is 0 Å². The number of carbonyl (C=O) groups is 1. The van der Waals surface area contributed by atoms with E-state index in [-0.39, 0.29) is 12.2 Å². The zero-order valence-corrected chi connectivity index (χ0v) is 13.2. The van der Waals surface area contributed by atoms with E-state index in [4.69, 9.17) is 0 Å². The highest BCUT2D eigenvalue weighted by atomic mass is 16.2. The molecule has 0 aromatic carbocycles. The van der Waals surface area contributed by atoms with Crippen LogP contribution >= 0.6 is 0 Å². The van der Waals surface area contributed by atoms with Crippen molar-refractivity contribution in [1.29, 1.82) is 0 Å². The van der Waals surface area contributed by atoms with Gasteiger partial charge in [-0.15, -0.1) is 0 Å². The number of carbonyl (C=O) groups excluding carboxylic acids is 1. The number of nitrogens with one attached hydrogen (secondary N) is 1. The number of likely N-dealkylation sites (tertiary alicyclic amines) is 1. The smallest absolute Gasteiger partial charge is 0.241 e. The van der Waals surface area contributed by atoms with Gasteiger partial charge in [0.1, 0.15) is 0 Å². The minimum absolute atomic E-state index is 0.0675. The average Bonchev–Trinajstić information content (AvgIpc) is 2.75. The van der Waals surface area contributed by atoms with Crippen LogP contribution in [0.15, 0.2) is 0 Å². The van der Waals surface area contributed by atoms with Crippen molar-refractivity contribution in [3.05, 3.63) is 0 Å². The molecule has 0 aromatic rings. The first-order valence-electron chi connectivity index (χ1n) is 8.55. The van der Waals surface area contributed by atoms with Crippen LogP contribution in [0.5, 0.6) is 0 Å². The maximum Gasteiger partial charge on any atom is 0.241 e. The Balaban J connectivity index is 1.86. The third kappa shape index (κ3) is 3.95. The van der Waals surface area contributed by atoms with E-state index in [1.165, 1.54) is 32.4 Å². The maximum absolute atomic E-state index is 12.5. The first-order valence-corrected chi connectivity index (χ1v) is 8.55. The molecule has 20 heavy (non-hydrogen) atoms. The first-order chi connectivity index (χ1) is 9.76. The molecule has 0 bridgehead atoms. The van der Waals surface area contributed by atoms with E-state index in [0.29, 0.717) is 5.91 Å². The lowest BCUT2D eigenvalue weighted by molar-refractivity contribution is -0.130. The normalized spacial score (nSPS) is 28.3. The van der Waals surface area contributed by atoms with Gasteiger partial charge in [-0.3, -0.25) is 10.1 Å². The van der Waals surface area contributed by atoms with Crippen LogP contribution in [0.3, 0.4) is 0 Å². The lowest BCUT2D eigenvalue weighted by Gasteiger charge is -2.30. The summed E-state index contributed by atoms with van der Waals surface area (Å²) < 4.78 is 0. The van der Waals surface area contributed by atoms with E-state index in [0.717, 1.165) is 38.8 Å². The topological polar surface area (TPSA) is 35.6 Å². The molecular formula is C16H31N3O. The molecule has 2 aliphatic rings. The van der Waals surface area contributed by atoms with E-state index in [2.05, 4.69) is 29.0 Å². The second-order valence-corrected chi connectivity index (χ2v) is 6.25. The molecule has 4 nitrogen and oxygen atoms in total. The van der Waals surface area contributed by atoms with Crippen molar-refractivity contribution in [2.45, 2.75) is 71.0 Å². The van der Waals surface area contributed by atoms with Crippen molar-refractivity contribution in [1.82, 2.24) is 15.1 Å². The number of hydrogen-bond acceptors (Lipinski definition) is 3. The lowest BCUT2D eigenvalue weighted by atomic mass is 10.1. The molecule has 4 heteroatoms. The summed E-state index contributed by atoms with van der Waals surface area (Å²) in [7, 11) is 0. The molecule has 2 heterocycles. The highest BCUT2D eigenvalue weighted by molar-refractivity contribution is 5.84. The van der Waals surface area contributed by atoms with Crippen LogP contribution in [0.25, 0.3) is 0 Å². The Kier molecular flexibility index (Phi) is 6.30. The van der Waals surface area contributed by atoms with Gasteiger partial charge in [-0.05, 0) is 38.8 Å². The molecule has 0 radical (unpaired) electrons. The summed E-state index contributed by atoms with van der Waals surface area (Å²) in [6.45, 7) is 8.73. The maximum atomic E-state index is 12.5. The van der Waals surface area contributed by atoms with Crippen LogP contribution in [-0.2, 0) is 4.79 Å². The van der Waals surface area contributed by atoms with Crippen LogP contribution in [0, 0.1) is 0 Å². The SMILES string of the molecule is CCCC1NC(CCC)N(CCN2CCCCC2)C1=O. The summed E-state index contributed by atoms with van der Waals surface area (Å²) in [6, 6.07) is 0.0675. The molecule has 0 spiro atoms. The molecular weight excluding hydrogens is 250 g/mol. The highest BCUT2D eigenvalue weighted by Crippen LogP contribution is 2.18. The Bertz CT molecular complexity index is 302. The second kappa shape index (κ2) is 7.99. The molecule has 1 amide bonds. The van der Waals surface area contributed by atoms with Crippen molar-refractivity contribution in [3.8, 4) is 0 Å². The quantitative estimate of drug-likeness (QED) is 0.777. The number of amides is 1. The van der Waals surface area contributed by atoms with E-state index >= 15 is 0 Å². The van der Waals surface area contributed by atoms with Gasteiger partial charge in [0.2, 0.25) is 5.91 Å². The molecule has 2 unspecified atom stereocenters. The van der Waals surface area contributed by atoms with Gasteiger partial charge < -0.3 is 9.80 Å². The molecule has 2 fully saturated rings. The number of rotatable bonds is 7. The van der Waals surface area contributed by atoms with Gasteiger partial charge in [-0.2, -0.15) is 0 Å². The Morgan fingerprint density at radius 2 is 1.75 bits per heavy atom. The number of hydrogen-bond donors (Lipinski definition) is 1. The third-order valence-corrected chi connectivity index (χ3v) is 4.60. The summed E-state index contributed by atoms with van der Waals surface area (Å²) in [5.74, 6) is 0.335. The van der Waals surface area contributed by atoms with Crippen molar-refractivity contribution in [3.63, 3.8) is 0 Å². The third-order valence-electron chi connectivity index (χ3n) is 4.60. The Morgan fingerprint density at radius 3 is 2.40 bits per heavy atom. The molecule has 116 valence electrons. The summed E-state index contributed by atoms with van der Waals surface area (Å²) in [5.41, 5.74) is 0. The Morgan fingerprint density at radius 1 is 1.05 bits per heavy atom. The van der Waals surface area contributed by atoms with Gasteiger partial charge in [0.05, 0.1) is 12.2 Å². The van der Waals surface area contributed by atoms with Crippen LogP contribution in [0.1, 0.15) is 58.8 Å².